The van der Waals surface area contributed by atoms with Crippen molar-refractivity contribution in [1.82, 2.24) is 9.55 Å². The number of carbonyl (C=O) groups excluding carboxylic acids is 1. The van der Waals surface area contributed by atoms with Crippen LogP contribution in [0.15, 0.2) is 63.5 Å². The van der Waals surface area contributed by atoms with Gasteiger partial charge in [0.15, 0.2) is 5.16 Å². The molecule has 0 bridgehead atoms. The smallest absolute Gasteiger partial charge is 0.263 e. The van der Waals surface area contributed by atoms with E-state index in [1.165, 1.54) is 18.2 Å². The van der Waals surface area contributed by atoms with Crippen LogP contribution in [0.2, 0.25) is 5.02 Å². The van der Waals surface area contributed by atoms with Crippen LogP contribution < -0.4 is 10.9 Å². The molecule has 0 spiro atoms. The summed E-state index contributed by atoms with van der Waals surface area (Å²) in [4.78, 5) is 31.4. The average molecular weight is 498 g/mol. The molecule has 2 atom stereocenters. The van der Waals surface area contributed by atoms with Crippen LogP contribution in [0.3, 0.4) is 0 Å². The van der Waals surface area contributed by atoms with E-state index >= 15 is 0 Å². The molecular formula is C25H24ClN3O2S2. The predicted octanol–water partition coefficient (Wildman–Crippen LogP) is 6.06. The van der Waals surface area contributed by atoms with Crippen LogP contribution in [-0.4, -0.2) is 26.5 Å². The molecule has 2 heterocycles. The van der Waals surface area contributed by atoms with Crippen molar-refractivity contribution in [3.05, 3.63) is 75.0 Å². The molecular weight excluding hydrogens is 474 g/mol. The Bertz CT molecular complexity index is 1280. The van der Waals surface area contributed by atoms with Gasteiger partial charge in [0.2, 0.25) is 5.91 Å². The number of rotatable bonds is 5. The maximum Gasteiger partial charge on any atom is 0.263 e. The summed E-state index contributed by atoms with van der Waals surface area (Å²) in [7, 11) is 0. The number of benzene rings is 2. The van der Waals surface area contributed by atoms with E-state index in [4.69, 9.17) is 16.6 Å². The minimum absolute atomic E-state index is 0.00486. The number of thioether (sulfide) groups is 2. The molecule has 8 heteroatoms. The predicted molar refractivity (Wildman–Crippen MR) is 136 cm³/mol. The van der Waals surface area contributed by atoms with Gasteiger partial charge in [0.25, 0.3) is 5.56 Å². The monoisotopic (exact) mass is 497 g/mol. The van der Waals surface area contributed by atoms with E-state index in [0.717, 1.165) is 41.1 Å². The van der Waals surface area contributed by atoms with E-state index in [9.17, 15) is 9.59 Å². The normalized spacial score (nSPS) is 19.1. The lowest BCUT2D eigenvalue weighted by Crippen LogP contribution is -2.29. The zero-order valence-corrected chi connectivity index (χ0v) is 20.6. The summed E-state index contributed by atoms with van der Waals surface area (Å²) in [6.45, 7) is 2.01. The van der Waals surface area contributed by atoms with E-state index in [1.807, 2.05) is 31.2 Å². The van der Waals surface area contributed by atoms with E-state index < -0.39 is 0 Å². The zero-order chi connectivity index (χ0) is 22.9. The first-order chi connectivity index (χ1) is 16.0. The Kier molecular flexibility index (Phi) is 6.54. The van der Waals surface area contributed by atoms with Crippen LogP contribution in [0.5, 0.6) is 0 Å². The number of anilines is 1. The van der Waals surface area contributed by atoms with Crippen molar-refractivity contribution in [3.8, 4) is 5.69 Å². The van der Waals surface area contributed by atoms with Gasteiger partial charge < -0.3 is 5.32 Å². The molecule has 1 aliphatic heterocycles. The third kappa shape index (κ3) is 4.72. The molecule has 1 fully saturated rings. The average Bonchev–Trinajstić information content (AvgIpc) is 3.16. The Morgan fingerprint density at radius 2 is 2.03 bits per heavy atom. The molecule has 1 aliphatic carbocycles. The van der Waals surface area contributed by atoms with Gasteiger partial charge in [-0.25, -0.2) is 4.98 Å². The number of nitrogens with one attached hydrogen (secondary N) is 1. The highest BCUT2D eigenvalue weighted by Gasteiger charge is 2.39. The molecule has 5 nitrogen and oxygen atoms in total. The van der Waals surface area contributed by atoms with Gasteiger partial charge >= 0.3 is 0 Å². The van der Waals surface area contributed by atoms with Crippen LogP contribution >= 0.6 is 35.1 Å². The first-order valence-corrected chi connectivity index (χ1v) is 13.3. The Balaban J connectivity index is 1.48. The number of aryl methyl sites for hydroxylation is 1. The molecule has 170 valence electrons. The van der Waals surface area contributed by atoms with Crippen LogP contribution in [0.4, 0.5) is 5.69 Å². The molecule has 5 rings (SSSR count). The lowest BCUT2D eigenvalue weighted by molar-refractivity contribution is -0.113. The van der Waals surface area contributed by atoms with Crippen molar-refractivity contribution in [1.29, 1.82) is 0 Å². The summed E-state index contributed by atoms with van der Waals surface area (Å²) in [6, 6.07) is 14.9. The summed E-state index contributed by atoms with van der Waals surface area (Å²) in [6.07, 6.45) is 4.54. The van der Waals surface area contributed by atoms with Gasteiger partial charge in [0.05, 0.1) is 17.0 Å². The summed E-state index contributed by atoms with van der Waals surface area (Å²) in [5, 5.41) is 5.26. The van der Waals surface area contributed by atoms with E-state index in [-0.39, 0.29) is 23.1 Å². The Morgan fingerprint density at radius 3 is 2.85 bits per heavy atom. The van der Waals surface area contributed by atoms with E-state index in [0.29, 0.717) is 21.1 Å². The van der Waals surface area contributed by atoms with Crippen molar-refractivity contribution < 1.29 is 4.79 Å². The molecule has 1 saturated carbocycles. The minimum atomic E-state index is -0.172. The summed E-state index contributed by atoms with van der Waals surface area (Å²) in [5.41, 5.74) is 3.37. The van der Waals surface area contributed by atoms with Crippen molar-refractivity contribution >= 4 is 46.7 Å². The molecule has 0 saturated heterocycles. The largest absolute Gasteiger partial charge is 0.325 e. The topological polar surface area (TPSA) is 64.0 Å². The zero-order valence-electron chi connectivity index (χ0n) is 18.2. The van der Waals surface area contributed by atoms with Gasteiger partial charge in [-0.2, -0.15) is 0 Å². The highest BCUT2D eigenvalue weighted by atomic mass is 35.5. The summed E-state index contributed by atoms with van der Waals surface area (Å²) < 4.78 is 1.70. The SMILES string of the molecule is Cc1cccc(-n2c(SCC(=O)Nc3cccc(Cl)c3)nc3c(c2=O)[C@H]2CCCC[C@H]2S3)c1. The Hall–Kier alpha value is -2.22. The van der Waals surface area contributed by atoms with Gasteiger partial charge in [-0.3, -0.25) is 14.2 Å². The Labute approximate surface area is 206 Å². The van der Waals surface area contributed by atoms with Gasteiger partial charge in [-0.1, -0.05) is 54.4 Å². The number of hydrogen-bond acceptors (Lipinski definition) is 5. The Morgan fingerprint density at radius 1 is 1.21 bits per heavy atom. The molecule has 2 aromatic carbocycles. The van der Waals surface area contributed by atoms with Gasteiger partial charge in [-0.05, 0) is 55.7 Å². The molecule has 1 amide bonds. The molecule has 3 aromatic rings. The van der Waals surface area contributed by atoms with Crippen LogP contribution in [0.1, 0.15) is 42.7 Å². The second-order valence-electron chi connectivity index (χ2n) is 8.49. The quantitative estimate of drug-likeness (QED) is 0.264. The van der Waals surface area contributed by atoms with Crippen molar-refractivity contribution in [2.75, 3.05) is 11.1 Å². The van der Waals surface area contributed by atoms with E-state index in [1.54, 1.807) is 40.6 Å². The maximum absolute atomic E-state index is 13.8. The summed E-state index contributed by atoms with van der Waals surface area (Å²) >= 11 is 9.05. The number of amides is 1. The maximum atomic E-state index is 13.8. The second-order valence-corrected chi connectivity index (χ2v) is 11.1. The van der Waals surface area contributed by atoms with Crippen LogP contribution in [-0.2, 0) is 4.79 Å². The van der Waals surface area contributed by atoms with Gasteiger partial charge in [-0.15, -0.1) is 11.8 Å². The molecule has 1 aromatic heterocycles. The third-order valence-corrected chi connectivity index (χ3v) is 8.66. The lowest BCUT2D eigenvalue weighted by Gasteiger charge is -2.24. The minimum Gasteiger partial charge on any atom is -0.325 e. The number of aromatic nitrogens is 2. The number of fused-ring (bicyclic) bond motifs is 3. The molecule has 0 unspecified atom stereocenters. The highest BCUT2D eigenvalue weighted by Crippen LogP contribution is 2.50. The fraction of sp³-hybridized carbons (Fsp3) is 0.320. The first-order valence-electron chi connectivity index (χ1n) is 11.1. The lowest BCUT2D eigenvalue weighted by atomic mass is 9.85. The number of carbonyl (C=O) groups is 1. The van der Waals surface area contributed by atoms with Crippen LogP contribution in [0.25, 0.3) is 5.69 Å². The van der Waals surface area contributed by atoms with Crippen molar-refractivity contribution in [2.45, 2.75) is 54.0 Å². The third-order valence-electron chi connectivity index (χ3n) is 6.09. The highest BCUT2D eigenvalue weighted by molar-refractivity contribution is 8.00. The van der Waals surface area contributed by atoms with E-state index in [2.05, 4.69) is 5.32 Å². The fourth-order valence-electron chi connectivity index (χ4n) is 4.60. The number of nitrogens with zero attached hydrogens (tertiary/aromatic N) is 2. The first kappa shape index (κ1) is 22.6. The second kappa shape index (κ2) is 9.57. The van der Waals surface area contributed by atoms with Crippen LogP contribution in [0, 0.1) is 6.92 Å². The molecule has 33 heavy (non-hydrogen) atoms. The summed E-state index contributed by atoms with van der Waals surface area (Å²) in [5.74, 6) is 0.246. The van der Waals surface area contributed by atoms with Crippen molar-refractivity contribution in [3.63, 3.8) is 0 Å². The molecule has 1 N–H and O–H groups in total. The van der Waals surface area contributed by atoms with Crippen molar-refractivity contribution in [2.24, 2.45) is 0 Å². The van der Waals surface area contributed by atoms with Gasteiger partial charge in [0, 0.05) is 21.9 Å². The fourth-order valence-corrected chi connectivity index (χ4v) is 7.17. The molecule has 2 aliphatic rings. The molecule has 0 radical (unpaired) electrons. The van der Waals surface area contributed by atoms with Gasteiger partial charge in [0.1, 0.15) is 5.03 Å². The number of halogens is 1. The number of hydrogen-bond donors (Lipinski definition) is 1. The standard InChI is InChI=1S/C25H24ClN3O2S2/c1-15-6-4-9-18(12-15)29-24(31)22-19-10-2-3-11-20(19)33-23(22)28-25(29)32-14-21(30)27-17-8-5-7-16(26)13-17/h4-9,12-13,19-20H,2-3,10-11,14H2,1H3,(H,27,30)/t19-,20+/m0/s1.